The number of sulfone groups is 1. The van der Waals surface area contributed by atoms with Crippen molar-refractivity contribution in [3.63, 3.8) is 0 Å². The Morgan fingerprint density at radius 3 is 2.59 bits per heavy atom. The molecule has 2 atom stereocenters. The molecular weight excluding hydrogens is 428 g/mol. The van der Waals surface area contributed by atoms with Crippen molar-refractivity contribution in [1.29, 1.82) is 0 Å². The van der Waals surface area contributed by atoms with Crippen LogP contribution in [0.25, 0.3) is 0 Å². The third-order valence-corrected chi connectivity index (χ3v) is 8.63. The first kappa shape index (κ1) is 20.4. The van der Waals surface area contributed by atoms with Gasteiger partial charge >= 0.3 is 0 Å². The van der Waals surface area contributed by atoms with E-state index in [1.54, 1.807) is 6.07 Å². The van der Waals surface area contributed by atoms with Crippen molar-refractivity contribution in [2.45, 2.75) is 30.6 Å². The number of hydrogen-bond acceptors (Lipinski definition) is 4. The SMILES string of the molecule is O=C(CCCc1ccccc1)N=C1S[C@H]2CS(=O)(=O)C[C@@H]2N1c1ccccc1Cl. The summed E-state index contributed by atoms with van der Waals surface area (Å²) in [7, 11) is -3.10. The lowest BCUT2D eigenvalue weighted by molar-refractivity contribution is -0.117. The number of amidine groups is 1. The Labute approximate surface area is 180 Å². The fraction of sp³-hybridized carbons (Fsp3) is 0.333. The Morgan fingerprint density at radius 2 is 1.83 bits per heavy atom. The highest BCUT2D eigenvalue weighted by Crippen LogP contribution is 2.43. The zero-order valence-electron chi connectivity index (χ0n) is 15.7. The summed E-state index contributed by atoms with van der Waals surface area (Å²) < 4.78 is 24.3. The van der Waals surface area contributed by atoms with E-state index in [2.05, 4.69) is 4.99 Å². The van der Waals surface area contributed by atoms with E-state index in [0.29, 0.717) is 22.3 Å². The monoisotopic (exact) mass is 448 g/mol. The normalized spacial score (nSPS) is 24.0. The molecule has 0 bridgehead atoms. The van der Waals surface area contributed by atoms with Gasteiger partial charge in [-0.2, -0.15) is 4.99 Å². The lowest BCUT2D eigenvalue weighted by Crippen LogP contribution is -2.37. The van der Waals surface area contributed by atoms with Crippen LogP contribution in [0.3, 0.4) is 0 Å². The lowest BCUT2D eigenvalue weighted by Gasteiger charge is -2.25. The largest absolute Gasteiger partial charge is 0.314 e. The molecule has 0 unspecified atom stereocenters. The van der Waals surface area contributed by atoms with Crippen molar-refractivity contribution in [3.8, 4) is 0 Å². The molecule has 0 aromatic heterocycles. The second kappa shape index (κ2) is 8.50. The Morgan fingerprint density at radius 1 is 1.10 bits per heavy atom. The van der Waals surface area contributed by atoms with Gasteiger partial charge in [-0.25, -0.2) is 8.42 Å². The van der Waals surface area contributed by atoms with Crippen LogP contribution in [0.4, 0.5) is 5.69 Å². The fourth-order valence-electron chi connectivity index (χ4n) is 3.74. The Balaban J connectivity index is 1.52. The number of aliphatic imine (C=N–C) groups is 1. The minimum absolute atomic E-state index is 0.0527. The maximum atomic E-state index is 12.5. The smallest absolute Gasteiger partial charge is 0.248 e. The van der Waals surface area contributed by atoms with E-state index in [-0.39, 0.29) is 28.7 Å². The number of hydrogen-bond donors (Lipinski definition) is 0. The molecule has 8 heteroatoms. The highest BCUT2D eigenvalue weighted by atomic mass is 35.5. The Kier molecular flexibility index (Phi) is 5.99. The first-order valence-electron chi connectivity index (χ1n) is 9.49. The van der Waals surface area contributed by atoms with Crippen LogP contribution in [-0.2, 0) is 21.1 Å². The number of rotatable bonds is 5. The summed E-state index contributed by atoms with van der Waals surface area (Å²) in [5, 5.41) is 0.933. The quantitative estimate of drug-likeness (QED) is 0.692. The number of thioether (sulfide) groups is 1. The third-order valence-electron chi connectivity index (χ3n) is 5.10. The van der Waals surface area contributed by atoms with Gasteiger partial charge in [-0.15, -0.1) is 0 Å². The summed E-state index contributed by atoms with van der Waals surface area (Å²) in [5.41, 5.74) is 1.89. The van der Waals surface area contributed by atoms with Crippen molar-refractivity contribution < 1.29 is 13.2 Å². The molecule has 2 aliphatic rings. The molecule has 2 aromatic carbocycles. The zero-order chi connectivity index (χ0) is 20.4. The maximum absolute atomic E-state index is 12.5. The van der Waals surface area contributed by atoms with Gasteiger partial charge in [0.2, 0.25) is 5.91 Å². The predicted molar refractivity (Wildman–Crippen MR) is 120 cm³/mol. The Hall–Kier alpha value is -1.83. The zero-order valence-corrected chi connectivity index (χ0v) is 18.1. The number of carbonyl (C=O) groups is 1. The molecule has 0 spiro atoms. The van der Waals surface area contributed by atoms with E-state index in [0.717, 1.165) is 12.8 Å². The summed E-state index contributed by atoms with van der Waals surface area (Å²) in [4.78, 5) is 18.7. The van der Waals surface area contributed by atoms with E-state index in [4.69, 9.17) is 11.6 Å². The van der Waals surface area contributed by atoms with Crippen LogP contribution < -0.4 is 4.90 Å². The first-order valence-corrected chi connectivity index (χ1v) is 12.6. The number of benzene rings is 2. The number of aryl methyl sites for hydroxylation is 1. The van der Waals surface area contributed by atoms with Crippen molar-refractivity contribution in [3.05, 3.63) is 65.2 Å². The van der Waals surface area contributed by atoms with Crippen LogP contribution >= 0.6 is 23.4 Å². The van der Waals surface area contributed by atoms with Gasteiger partial charge in [0.15, 0.2) is 15.0 Å². The summed E-state index contributed by atoms with van der Waals surface area (Å²) in [6.45, 7) is 0. The number of para-hydroxylation sites is 1. The van der Waals surface area contributed by atoms with E-state index < -0.39 is 9.84 Å². The van der Waals surface area contributed by atoms with Crippen LogP contribution in [0.5, 0.6) is 0 Å². The number of amides is 1. The number of halogens is 1. The molecule has 0 radical (unpaired) electrons. The standard InChI is InChI=1S/C21H21ClN2O3S2/c22-16-10-4-5-11-17(16)24-18-13-29(26,27)14-19(18)28-21(24)23-20(25)12-6-9-15-7-2-1-3-8-15/h1-5,7-8,10-11,18-19H,6,9,12-14H2/t18-,19-/m0/s1. The molecule has 1 amide bonds. The minimum Gasteiger partial charge on any atom is -0.314 e. The summed E-state index contributed by atoms with van der Waals surface area (Å²) in [5.74, 6) is -0.0370. The van der Waals surface area contributed by atoms with Gasteiger partial charge in [0.1, 0.15) is 0 Å². The van der Waals surface area contributed by atoms with Crippen molar-refractivity contribution in [1.82, 2.24) is 0 Å². The molecule has 5 nitrogen and oxygen atoms in total. The molecule has 0 saturated carbocycles. The van der Waals surface area contributed by atoms with Crippen molar-refractivity contribution in [2.24, 2.45) is 4.99 Å². The molecule has 2 saturated heterocycles. The summed E-state index contributed by atoms with van der Waals surface area (Å²) in [6, 6.07) is 17.1. The van der Waals surface area contributed by atoms with Crippen molar-refractivity contribution in [2.75, 3.05) is 16.4 Å². The fourth-order valence-corrected chi connectivity index (χ4v) is 7.90. The van der Waals surface area contributed by atoms with Gasteiger partial charge in [0.25, 0.3) is 0 Å². The Bertz CT molecular complexity index is 1040. The maximum Gasteiger partial charge on any atom is 0.248 e. The van der Waals surface area contributed by atoms with E-state index in [1.165, 1.54) is 17.3 Å². The van der Waals surface area contributed by atoms with Crippen LogP contribution in [0.15, 0.2) is 59.6 Å². The van der Waals surface area contributed by atoms with Gasteiger partial charge in [-0.05, 0) is 30.5 Å². The average molecular weight is 449 g/mol. The van der Waals surface area contributed by atoms with E-state index >= 15 is 0 Å². The first-order chi connectivity index (χ1) is 13.9. The summed E-state index contributed by atoms with van der Waals surface area (Å²) >= 11 is 7.75. The second-order valence-corrected chi connectivity index (χ2v) is 11.0. The molecule has 29 heavy (non-hydrogen) atoms. The van der Waals surface area contributed by atoms with Gasteiger partial charge < -0.3 is 4.90 Å². The molecule has 2 fully saturated rings. The van der Waals surface area contributed by atoms with Gasteiger partial charge in [0, 0.05) is 11.7 Å². The number of fused-ring (bicyclic) bond motifs is 1. The van der Waals surface area contributed by atoms with E-state index in [9.17, 15) is 13.2 Å². The highest BCUT2D eigenvalue weighted by molar-refractivity contribution is 8.16. The number of nitrogens with zero attached hydrogens (tertiary/aromatic N) is 2. The number of anilines is 1. The molecule has 4 rings (SSSR count). The van der Waals surface area contributed by atoms with Crippen LogP contribution in [-0.4, -0.2) is 42.3 Å². The highest BCUT2D eigenvalue weighted by Gasteiger charge is 2.49. The molecule has 2 aliphatic heterocycles. The molecule has 0 N–H and O–H groups in total. The van der Waals surface area contributed by atoms with Crippen molar-refractivity contribution >= 4 is 50.0 Å². The van der Waals surface area contributed by atoms with E-state index in [1.807, 2.05) is 53.4 Å². The van der Waals surface area contributed by atoms with Crippen LogP contribution in [0, 0.1) is 0 Å². The predicted octanol–water partition coefficient (Wildman–Crippen LogP) is 3.96. The van der Waals surface area contributed by atoms with Gasteiger partial charge in [0.05, 0.1) is 28.3 Å². The van der Waals surface area contributed by atoms with Crippen LogP contribution in [0.2, 0.25) is 5.02 Å². The third kappa shape index (κ3) is 4.68. The average Bonchev–Trinajstić information content (AvgIpc) is 3.14. The summed E-state index contributed by atoms with van der Waals surface area (Å²) in [6.07, 6.45) is 1.89. The molecular formula is C21H21ClN2O3S2. The topological polar surface area (TPSA) is 66.8 Å². The van der Waals surface area contributed by atoms with Gasteiger partial charge in [-0.3, -0.25) is 4.79 Å². The molecule has 0 aliphatic carbocycles. The van der Waals surface area contributed by atoms with Crippen LogP contribution in [0.1, 0.15) is 18.4 Å². The molecule has 2 heterocycles. The molecule has 2 aromatic rings. The number of carbonyl (C=O) groups excluding carboxylic acids is 1. The second-order valence-electron chi connectivity index (χ2n) is 7.25. The molecule has 152 valence electrons. The lowest BCUT2D eigenvalue weighted by atomic mass is 10.1. The van der Waals surface area contributed by atoms with Gasteiger partial charge in [-0.1, -0.05) is 65.8 Å². The minimum atomic E-state index is -3.10.